The van der Waals surface area contributed by atoms with Crippen LogP contribution in [0.1, 0.15) is 24.5 Å². The Hall–Kier alpha value is -1.98. The van der Waals surface area contributed by atoms with Gasteiger partial charge in [0.2, 0.25) is 5.91 Å². The van der Waals surface area contributed by atoms with Crippen LogP contribution in [-0.2, 0) is 11.0 Å². The fourth-order valence-corrected chi connectivity index (χ4v) is 1.57. The van der Waals surface area contributed by atoms with Crippen LogP contribution in [0.25, 0.3) is 6.08 Å². The smallest absolute Gasteiger partial charge is 0.416 e. The first-order valence-corrected chi connectivity index (χ1v) is 6.01. The summed E-state index contributed by atoms with van der Waals surface area (Å²) in [7, 11) is 1.32. The summed E-state index contributed by atoms with van der Waals surface area (Å²) in [6.07, 6.45) is -0.369. The highest BCUT2D eigenvalue weighted by atomic mass is 19.4. The largest absolute Gasteiger partial charge is 0.496 e. The molecule has 6 heteroatoms. The molecule has 20 heavy (non-hydrogen) atoms. The third-order valence-corrected chi connectivity index (χ3v) is 2.54. The molecule has 0 fully saturated rings. The highest BCUT2D eigenvalue weighted by molar-refractivity contribution is 5.72. The zero-order valence-corrected chi connectivity index (χ0v) is 11.3. The predicted molar refractivity (Wildman–Crippen MR) is 70.3 cm³/mol. The Balaban J connectivity index is 2.75. The van der Waals surface area contributed by atoms with Crippen molar-refractivity contribution in [2.24, 2.45) is 0 Å². The van der Waals surface area contributed by atoms with Crippen molar-refractivity contribution in [1.82, 2.24) is 5.32 Å². The zero-order chi connectivity index (χ0) is 15.2. The van der Waals surface area contributed by atoms with Gasteiger partial charge in [0.1, 0.15) is 5.75 Å². The molecule has 0 saturated carbocycles. The van der Waals surface area contributed by atoms with Crippen LogP contribution in [0.2, 0.25) is 0 Å². The first-order chi connectivity index (χ1) is 9.34. The Morgan fingerprint density at radius 3 is 2.65 bits per heavy atom. The van der Waals surface area contributed by atoms with Gasteiger partial charge in [0.05, 0.1) is 12.7 Å². The maximum absolute atomic E-state index is 12.6. The van der Waals surface area contributed by atoms with Crippen LogP contribution in [0.4, 0.5) is 13.2 Å². The third-order valence-electron chi connectivity index (χ3n) is 2.54. The second-order valence-corrected chi connectivity index (χ2v) is 4.13. The molecule has 0 heterocycles. The van der Waals surface area contributed by atoms with E-state index in [1.165, 1.54) is 20.1 Å². The van der Waals surface area contributed by atoms with Gasteiger partial charge in [0.25, 0.3) is 0 Å². The lowest BCUT2D eigenvalue weighted by Gasteiger charge is -2.10. The SMILES string of the molecule is COc1cc(C(F)(F)F)ccc1C=CCCNC(C)=O. The number of carbonyl (C=O) groups excluding carboxylic acids is 1. The zero-order valence-electron chi connectivity index (χ0n) is 11.3. The molecule has 1 rings (SSSR count). The number of alkyl halides is 3. The summed E-state index contributed by atoms with van der Waals surface area (Å²) in [5.74, 6) is 0.0427. The summed E-state index contributed by atoms with van der Waals surface area (Å²) >= 11 is 0. The number of methoxy groups -OCH3 is 1. The van der Waals surface area contributed by atoms with Crippen molar-refractivity contribution >= 4 is 12.0 Å². The van der Waals surface area contributed by atoms with Gasteiger partial charge >= 0.3 is 6.18 Å². The average molecular weight is 287 g/mol. The summed E-state index contributed by atoms with van der Waals surface area (Å²) in [4.78, 5) is 10.6. The van der Waals surface area contributed by atoms with Crippen LogP contribution < -0.4 is 10.1 Å². The molecule has 1 N–H and O–H groups in total. The fraction of sp³-hybridized carbons (Fsp3) is 0.357. The summed E-state index contributed by atoms with van der Waals surface area (Å²) < 4.78 is 42.6. The molecule has 3 nitrogen and oxygen atoms in total. The van der Waals surface area contributed by atoms with Gasteiger partial charge in [-0.3, -0.25) is 4.79 Å². The van der Waals surface area contributed by atoms with Crippen molar-refractivity contribution in [2.75, 3.05) is 13.7 Å². The molecular formula is C14H16F3NO2. The molecule has 0 atom stereocenters. The number of benzene rings is 1. The monoisotopic (exact) mass is 287 g/mol. The topological polar surface area (TPSA) is 38.3 Å². The van der Waals surface area contributed by atoms with E-state index in [2.05, 4.69) is 5.32 Å². The molecular weight excluding hydrogens is 271 g/mol. The van der Waals surface area contributed by atoms with E-state index in [9.17, 15) is 18.0 Å². The molecule has 0 bridgehead atoms. The van der Waals surface area contributed by atoms with Crippen LogP contribution in [0.15, 0.2) is 24.3 Å². The Kier molecular flexibility index (Phi) is 5.61. The molecule has 0 aliphatic rings. The molecule has 0 saturated heterocycles. The van der Waals surface area contributed by atoms with E-state index in [1.54, 1.807) is 12.2 Å². The number of rotatable bonds is 5. The van der Waals surface area contributed by atoms with Crippen LogP contribution in [0.3, 0.4) is 0 Å². The van der Waals surface area contributed by atoms with E-state index in [4.69, 9.17) is 4.74 Å². The van der Waals surface area contributed by atoms with Gasteiger partial charge < -0.3 is 10.1 Å². The lowest BCUT2D eigenvalue weighted by Crippen LogP contribution is -2.20. The van der Waals surface area contributed by atoms with Crippen LogP contribution >= 0.6 is 0 Å². The number of carbonyl (C=O) groups is 1. The van der Waals surface area contributed by atoms with Gasteiger partial charge in [-0.1, -0.05) is 18.2 Å². The average Bonchev–Trinajstić information content (AvgIpc) is 2.36. The summed E-state index contributed by atoms with van der Waals surface area (Å²) in [5.41, 5.74) is -0.187. The lowest BCUT2D eigenvalue weighted by atomic mass is 10.1. The Bertz CT molecular complexity index is 496. The minimum Gasteiger partial charge on any atom is -0.496 e. The molecule has 1 aromatic carbocycles. The van der Waals surface area contributed by atoms with Gasteiger partial charge in [-0.15, -0.1) is 0 Å². The quantitative estimate of drug-likeness (QED) is 0.844. The van der Waals surface area contributed by atoms with Crippen molar-refractivity contribution < 1.29 is 22.7 Å². The fourth-order valence-electron chi connectivity index (χ4n) is 1.57. The first-order valence-electron chi connectivity index (χ1n) is 6.01. The molecule has 1 aromatic rings. The molecule has 0 radical (unpaired) electrons. The van der Waals surface area contributed by atoms with E-state index in [-0.39, 0.29) is 11.7 Å². The van der Waals surface area contributed by atoms with Crippen molar-refractivity contribution in [3.05, 3.63) is 35.4 Å². The van der Waals surface area contributed by atoms with Crippen LogP contribution in [0.5, 0.6) is 5.75 Å². The first kappa shape index (κ1) is 16.1. The minimum absolute atomic E-state index is 0.120. The van der Waals surface area contributed by atoms with Crippen LogP contribution in [-0.4, -0.2) is 19.6 Å². The normalized spacial score (nSPS) is 11.7. The maximum atomic E-state index is 12.6. The molecule has 0 aliphatic heterocycles. The highest BCUT2D eigenvalue weighted by Crippen LogP contribution is 2.33. The summed E-state index contributed by atoms with van der Waals surface area (Å²) in [6, 6.07) is 3.33. The molecule has 0 spiro atoms. The minimum atomic E-state index is -4.39. The van der Waals surface area contributed by atoms with Gasteiger partial charge in [-0.25, -0.2) is 0 Å². The van der Waals surface area contributed by atoms with E-state index >= 15 is 0 Å². The molecule has 110 valence electrons. The van der Waals surface area contributed by atoms with Crippen molar-refractivity contribution in [2.45, 2.75) is 19.5 Å². The van der Waals surface area contributed by atoms with E-state index in [1.807, 2.05) is 0 Å². The predicted octanol–water partition coefficient (Wildman–Crippen LogP) is 3.25. The number of halogens is 3. The molecule has 1 amide bonds. The van der Waals surface area contributed by atoms with E-state index in [0.717, 1.165) is 12.1 Å². The number of hydrogen-bond donors (Lipinski definition) is 1. The van der Waals surface area contributed by atoms with Gasteiger partial charge in [-0.2, -0.15) is 13.2 Å². The Morgan fingerprint density at radius 1 is 1.40 bits per heavy atom. The second kappa shape index (κ2) is 6.98. The number of amides is 1. The summed E-state index contributed by atoms with van der Waals surface area (Å²) in [5, 5.41) is 2.62. The van der Waals surface area contributed by atoms with Crippen LogP contribution in [0, 0.1) is 0 Å². The van der Waals surface area contributed by atoms with Gasteiger partial charge in [-0.05, 0) is 18.6 Å². The second-order valence-electron chi connectivity index (χ2n) is 4.13. The highest BCUT2D eigenvalue weighted by Gasteiger charge is 2.31. The standard InChI is InChI=1S/C14H16F3NO2/c1-10(19)18-8-4-3-5-11-6-7-12(14(15,16)17)9-13(11)20-2/h3,5-7,9H,4,8H2,1-2H3,(H,18,19). The van der Waals surface area contributed by atoms with Gasteiger partial charge in [0.15, 0.2) is 0 Å². The maximum Gasteiger partial charge on any atom is 0.416 e. The molecule has 0 aliphatic carbocycles. The third kappa shape index (κ3) is 4.95. The van der Waals surface area contributed by atoms with Gasteiger partial charge in [0, 0.05) is 19.0 Å². The molecule has 0 aromatic heterocycles. The Labute approximate surface area is 115 Å². The van der Waals surface area contributed by atoms with E-state index in [0.29, 0.717) is 18.5 Å². The Morgan fingerprint density at radius 2 is 2.10 bits per heavy atom. The lowest BCUT2D eigenvalue weighted by molar-refractivity contribution is -0.137. The number of nitrogens with one attached hydrogen (secondary N) is 1. The number of hydrogen-bond acceptors (Lipinski definition) is 2. The van der Waals surface area contributed by atoms with Crippen molar-refractivity contribution in [3.8, 4) is 5.75 Å². The van der Waals surface area contributed by atoms with E-state index < -0.39 is 11.7 Å². The summed E-state index contributed by atoms with van der Waals surface area (Å²) in [6.45, 7) is 1.90. The number of ether oxygens (including phenoxy) is 1. The van der Waals surface area contributed by atoms with Crippen molar-refractivity contribution in [3.63, 3.8) is 0 Å². The molecule has 0 unspecified atom stereocenters. The van der Waals surface area contributed by atoms with Crippen molar-refractivity contribution in [1.29, 1.82) is 0 Å².